The lowest BCUT2D eigenvalue weighted by atomic mass is 10.2. The summed E-state index contributed by atoms with van der Waals surface area (Å²) >= 11 is 6.21. The number of carbonyl (C=O) groups is 1. The standard InChI is InChI=1S/C17H13ClN2O/c1-11-6-8-12(9-7-11)19-17(21)16-10-14(18)13-4-2-3-5-15(13)20-16/h2-10H,1H3,(H,19,21). The van der Waals surface area contributed by atoms with Gasteiger partial charge in [-0.3, -0.25) is 4.79 Å². The molecule has 1 heterocycles. The third-order valence-electron chi connectivity index (χ3n) is 3.21. The van der Waals surface area contributed by atoms with Gasteiger partial charge in [0.15, 0.2) is 0 Å². The van der Waals surface area contributed by atoms with Gasteiger partial charge in [-0.05, 0) is 31.2 Å². The zero-order valence-corrected chi connectivity index (χ0v) is 12.2. The third-order valence-corrected chi connectivity index (χ3v) is 3.52. The van der Waals surface area contributed by atoms with E-state index in [4.69, 9.17) is 11.6 Å². The van der Waals surface area contributed by atoms with E-state index in [0.29, 0.717) is 16.2 Å². The van der Waals surface area contributed by atoms with Crippen LogP contribution in [0, 0.1) is 6.92 Å². The number of aryl methyl sites for hydroxylation is 1. The van der Waals surface area contributed by atoms with Crippen molar-refractivity contribution in [2.75, 3.05) is 5.32 Å². The van der Waals surface area contributed by atoms with E-state index in [1.165, 1.54) is 0 Å². The second-order valence-electron chi connectivity index (χ2n) is 4.83. The van der Waals surface area contributed by atoms with Gasteiger partial charge in [0, 0.05) is 11.1 Å². The minimum Gasteiger partial charge on any atom is -0.321 e. The zero-order valence-electron chi connectivity index (χ0n) is 11.4. The number of halogens is 1. The number of anilines is 1. The Balaban J connectivity index is 1.92. The fourth-order valence-electron chi connectivity index (χ4n) is 2.08. The van der Waals surface area contributed by atoms with Crippen LogP contribution in [0.3, 0.4) is 0 Å². The first-order valence-corrected chi connectivity index (χ1v) is 6.94. The molecule has 0 saturated heterocycles. The van der Waals surface area contributed by atoms with Gasteiger partial charge in [0.05, 0.1) is 10.5 Å². The van der Waals surface area contributed by atoms with Crippen molar-refractivity contribution in [3.05, 3.63) is 70.9 Å². The minimum absolute atomic E-state index is 0.272. The predicted molar refractivity (Wildman–Crippen MR) is 85.9 cm³/mol. The molecule has 0 unspecified atom stereocenters. The van der Waals surface area contributed by atoms with Crippen molar-refractivity contribution in [1.29, 1.82) is 0 Å². The van der Waals surface area contributed by atoms with Crippen LogP contribution in [0.15, 0.2) is 54.6 Å². The van der Waals surface area contributed by atoms with Crippen LogP contribution in [-0.2, 0) is 0 Å². The summed E-state index contributed by atoms with van der Waals surface area (Å²) in [5.74, 6) is -0.272. The maximum absolute atomic E-state index is 12.3. The number of para-hydroxylation sites is 1. The van der Waals surface area contributed by atoms with Gasteiger partial charge in [-0.15, -0.1) is 0 Å². The molecule has 0 bridgehead atoms. The highest BCUT2D eigenvalue weighted by atomic mass is 35.5. The summed E-state index contributed by atoms with van der Waals surface area (Å²) in [4.78, 5) is 16.6. The van der Waals surface area contributed by atoms with E-state index in [1.807, 2.05) is 55.5 Å². The molecule has 0 radical (unpaired) electrons. The molecule has 3 nitrogen and oxygen atoms in total. The van der Waals surface area contributed by atoms with E-state index in [1.54, 1.807) is 6.07 Å². The number of nitrogens with one attached hydrogen (secondary N) is 1. The summed E-state index contributed by atoms with van der Waals surface area (Å²) in [7, 11) is 0. The summed E-state index contributed by atoms with van der Waals surface area (Å²) in [5, 5.41) is 4.18. The van der Waals surface area contributed by atoms with Crippen molar-refractivity contribution in [1.82, 2.24) is 4.98 Å². The number of hydrogen-bond acceptors (Lipinski definition) is 2. The Morgan fingerprint density at radius 1 is 1.10 bits per heavy atom. The minimum atomic E-state index is -0.272. The Bertz CT molecular complexity index is 813. The Kier molecular flexibility index (Phi) is 3.59. The molecule has 2 aromatic carbocycles. The second kappa shape index (κ2) is 5.54. The zero-order chi connectivity index (χ0) is 14.8. The Morgan fingerprint density at radius 3 is 2.57 bits per heavy atom. The van der Waals surface area contributed by atoms with Gasteiger partial charge in [-0.2, -0.15) is 0 Å². The monoisotopic (exact) mass is 296 g/mol. The first-order valence-electron chi connectivity index (χ1n) is 6.57. The summed E-state index contributed by atoms with van der Waals surface area (Å²) in [6, 6.07) is 16.7. The molecule has 1 aromatic heterocycles. The topological polar surface area (TPSA) is 42.0 Å². The number of nitrogens with zero attached hydrogens (tertiary/aromatic N) is 1. The molecule has 1 N–H and O–H groups in total. The number of fused-ring (bicyclic) bond motifs is 1. The van der Waals surface area contributed by atoms with Gasteiger partial charge in [-0.25, -0.2) is 4.98 Å². The number of carbonyl (C=O) groups excluding carboxylic acids is 1. The Morgan fingerprint density at radius 2 is 1.81 bits per heavy atom. The van der Waals surface area contributed by atoms with Crippen LogP contribution in [0.1, 0.15) is 16.1 Å². The molecule has 0 saturated carbocycles. The van der Waals surface area contributed by atoms with E-state index in [-0.39, 0.29) is 5.91 Å². The first-order chi connectivity index (χ1) is 10.1. The molecule has 0 spiro atoms. The molecule has 21 heavy (non-hydrogen) atoms. The largest absolute Gasteiger partial charge is 0.321 e. The molecular weight excluding hydrogens is 284 g/mol. The van der Waals surface area contributed by atoms with Gasteiger partial charge in [0.1, 0.15) is 5.69 Å². The lowest BCUT2D eigenvalue weighted by molar-refractivity contribution is 0.102. The fourth-order valence-corrected chi connectivity index (χ4v) is 2.34. The van der Waals surface area contributed by atoms with Crippen molar-refractivity contribution in [3.8, 4) is 0 Å². The normalized spacial score (nSPS) is 10.6. The molecule has 104 valence electrons. The van der Waals surface area contributed by atoms with E-state index in [9.17, 15) is 4.79 Å². The number of amides is 1. The van der Waals surface area contributed by atoms with E-state index in [0.717, 1.165) is 16.6 Å². The Hall–Kier alpha value is -2.39. The summed E-state index contributed by atoms with van der Waals surface area (Å²) in [5.41, 5.74) is 2.88. The van der Waals surface area contributed by atoms with Crippen LogP contribution >= 0.6 is 11.6 Å². The number of rotatable bonds is 2. The maximum Gasteiger partial charge on any atom is 0.274 e. The molecule has 0 aliphatic rings. The van der Waals surface area contributed by atoms with Crippen molar-refractivity contribution >= 4 is 34.1 Å². The predicted octanol–water partition coefficient (Wildman–Crippen LogP) is 4.45. The molecule has 0 fully saturated rings. The van der Waals surface area contributed by atoms with Gasteiger partial charge >= 0.3 is 0 Å². The van der Waals surface area contributed by atoms with Crippen LogP contribution in [-0.4, -0.2) is 10.9 Å². The lowest BCUT2D eigenvalue weighted by Crippen LogP contribution is -2.13. The van der Waals surface area contributed by atoms with Gasteiger partial charge in [0.2, 0.25) is 0 Å². The highest BCUT2D eigenvalue weighted by Gasteiger charge is 2.11. The summed E-state index contributed by atoms with van der Waals surface area (Å²) in [6.07, 6.45) is 0. The van der Waals surface area contributed by atoms with E-state index in [2.05, 4.69) is 10.3 Å². The number of aromatic nitrogens is 1. The molecule has 0 atom stereocenters. The van der Waals surface area contributed by atoms with E-state index >= 15 is 0 Å². The summed E-state index contributed by atoms with van der Waals surface area (Å²) < 4.78 is 0. The molecule has 0 aliphatic carbocycles. The van der Waals surface area contributed by atoms with E-state index < -0.39 is 0 Å². The number of benzene rings is 2. The third kappa shape index (κ3) is 2.88. The van der Waals surface area contributed by atoms with Crippen LogP contribution in [0.5, 0.6) is 0 Å². The van der Waals surface area contributed by atoms with Crippen molar-refractivity contribution < 1.29 is 4.79 Å². The highest BCUT2D eigenvalue weighted by molar-refractivity contribution is 6.35. The van der Waals surface area contributed by atoms with Crippen molar-refractivity contribution in [2.45, 2.75) is 6.92 Å². The quantitative estimate of drug-likeness (QED) is 0.759. The molecule has 3 aromatic rings. The molecule has 3 rings (SSSR count). The smallest absolute Gasteiger partial charge is 0.274 e. The molecule has 0 aliphatic heterocycles. The fraction of sp³-hybridized carbons (Fsp3) is 0.0588. The van der Waals surface area contributed by atoms with Gasteiger partial charge in [0.25, 0.3) is 5.91 Å². The van der Waals surface area contributed by atoms with Crippen LogP contribution in [0.4, 0.5) is 5.69 Å². The number of hydrogen-bond donors (Lipinski definition) is 1. The second-order valence-corrected chi connectivity index (χ2v) is 5.23. The molecule has 4 heteroatoms. The summed E-state index contributed by atoms with van der Waals surface area (Å²) in [6.45, 7) is 2.00. The van der Waals surface area contributed by atoms with Crippen LogP contribution in [0.25, 0.3) is 10.9 Å². The van der Waals surface area contributed by atoms with Gasteiger partial charge in [-0.1, -0.05) is 47.5 Å². The van der Waals surface area contributed by atoms with Crippen molar-refractivity contribution in [3.63, 3.8) is 0 Å². The Labute approximate surface area is 127 Å². The van der Waals surface area contributed by atoms with Crippen LogP contribution < -0.4 is 5.32 Å². The number of pyridine rings is 1. The maximum atomic E-state index is 12.3. The molecule has 1 amide bonds. The average Bonchev–Trinajstić information content (AvgIpc) is 2.49. The van der Waals surface area contributed by atoms with Crippen molar-refractivity contribution in [2.24, 2.45) is 0 Å². The van der Waals surface area contributed by atoms with Crippen LogP contribution in [0.2, 0.25) is 5.02 Å². The molecular formula is C17H13ClN2O. The SMILES string of the molecule is Cc1ccc(NC(=O)c2cc(Cl)c3ccccc3n2)cc1. The first kappa shape index (κ1) is 13.6. The van der Waals surface area contributed by atoms with Gasteiger partial charge < -0.3 is 5.32 Å². The lowest BCUT2D eigenvalue weighted by Gasteiger charge is -2.07. The highest BCUT2D eigenvalue weighted by Crippen LogP contribution is 2.23. The average molecular weight is 297 g/mol.